The fraction of sp³-hybridized carbons (Fsp3) is 0.188. The molecule has 3 rings (SSSR count). The monoisotopic (exact) mass is 593 g/mol. The molecule has 0 atom stereocenters. The summed E-state index contributed by atoms with van der Waals surface area (Å²) in [6.07, 6.45) is 2.04. The molecule has 0 radical (unpaired) electrons. The summed E-state index contributed by atoms with van der Waals surface area (Å²) in [7, 11) is -8.08. The van der Waals surface area contributed by atoms with Gasteiger partial charge in [-0.1, -0.05) is 5.04 Å². The summed E-state index contributed by atoms with van der Waals surface area (Å²) in [4.78, 5) is 39.5. The number of nitrogens with one attached hydrogen (secondary N) is 6. The smallest absolute Gasteiger partial charge is 0.325 e. The first-order chi connectivity index (χ1) is 17.8. The molecule has 0 saturated heterocycles. The number of hydrogen-bond acceptors (Lipinski definition) is 16. The van der Waals surface area contributed by atoms with E-state index in [1.807, 2.05) is 4.98 Å². The summed E-state index contributed by atoms with van der Waals surface area (Å²) in [5.41, 5.74) is -1.73. The molecule has 3 aromatic rings. The second kappa shape index (κ2) is 12.3. The molecule has 2 heterocycles. The largest absolute Gasteiger partial charge is 0.353 e. The van der Waals surface area contributed by atoms with Gasteiger partial charge in [0.15, 0.2) is 0 Å². The Morgan fingerprint density at radius 1 is 1.00 bits per heavy atom. The maximum absolute atomic E-state index is 12.1. The SMILES string of the molecule is CS(=O)(=O)NCCNc1nc(Nc2cc(S(=O)(=O)O)ccc2SOOO)nc(Nc2c[nH]c(=O)[nH]c2=O)n1. The van der Waals surface area contributed by atoms with Gasteiger partial charge in [0, 0.05) is 19.3 Å². The highest BCUT2D eigenvalue weighted by molar-refractivity contribution is 7.94. The number of benzene rings is 1. The average Bonchev–Trinajstić information content (AvgIpc) is 2.81. The highest BCUT2D eigenvalue weighted by Crippen LogP contribution is 2.32. The van der Waals surface area contributed by atoms with Gasteiger partial charge in [0.2, 0.25) is 27.9 Å². The van der Waals surface area contributed by atoms with E-state index in [0.29, 0.717) is 12.0 Å². The first-order valence-electron chi connectivity index (χ1n) is 9.91. The van der Waals surface area contributed by atoms with Crippen molar-refractivity contribution in [2.45, 2.75) is 9.79 Å². The zero-order valence-electron chi connectivity index (χ0n) is 19.0. The molecule has 8 N–H and O–H groups in total. The van der Waals surface area contributed by atoms with Crippen LogP contribution < -0.4 is 31.9 Å². The van der Waals surface area contributed by atoms with E-state index in [1.54, 1.807) is 0 Å². The van der Waals surface area contributed by atoms with Crippen molar-refractivity contribution in [1.82, 2.24) is 29.6 Å². The molecule has 1 aromatic carbocycles. The highest BCUT2D eigenvalue weighted by atomic mass is 32.2. The lowest BCUT2D eigenvalue weighted by Gasteiger charge is -2.13. The van der Waals surface area contributed by atoms with Crippen LogP contribution in [0.15, 0.2) is 43.8 Å². The number of hydrogen-bond donors (Lipinski definition) is 8. The molecule has 0 aliphatic heterocycles. The van der Waals surface area contributed by atoms with Crippen molar-refractivity contribution >= 4 is 61.4 Å². The molecule has 22 heteroatoms. The van der Waals surface area contributed by atoms with Crippen LogP contribution in [-0.2, 0) is 29.5 Å². The minimum Gasteiger partial charge on any atom is -0.353 e. The normalized spacial score (nSPS) is 11.8. The second-order valence-corrected chi connectivity index (χ2v) is 11.0. The van der Waals surface area contributed by atoms with Gasteiger partial charge in [-0.25, -0.2) is 23.2 Å². The van der Waals surface area contributed by atoms with Crippen LogP contribution in [0, 0.1) is 0 Å². The highest BCUT2D eigenvalue weighted by Gasteiger charge is 2.16. The van der Waals surface area contributed by atoms with Crippen molar-refractivity contribution < 1.29 is 36.0 Å². The van der Waals surface area contributed by atoms with Crippen LogP contribution in [0.2, 0.25) is 0 Å². The van der Waals surface area contributed by atoms with E-state index in [4.69, 9.17) is 5.26 Å². The van der Waals surface area contributed by atoms with Crippen molar-refractivity contribution in [3.8, 4) is 0 Å². The van der Waals surface area contributed by atoms with Crippen molar-refractivity contribution in [3.05, 3.63) is 45.2 Å². The number of sulfonamides is 1. The molecular weight excluding hydrogens is 574 g/mol. The summed E-state index contributed by atoms with van der Waals surface area (Å²) in [5.74, 6) is -0.578. The lowest BCUT2D eigenvalue weighted by Crippen LogP contribution is -2.28. The van der Waals surface area contributed by atoms with Gasteiger partial charge in [-0.15, -0.1) is 4.33 Å². The van der Waals surface area contributed by atoms with E-state index in [0.717, 1.165) is 24.6 Å². The third kappa shape index (κ3) is 8.73. The van der Waals surface area contributed by atoms with Crippen LogP contribution in [-0.4, -0.2) is 70.9 Å². The number of anilines is 5. The topological polar surface area (TPSA) is 280 Å². The number of aromatic nitrogens is 5. The third-order valence-electron chi connectivity index (χ3n) is 4.12. The Morgan fingerprint density at radius 3 is 2.26 bits per heavy atom. The Bertz CT molecular complexity index is 1630. The lowest BCUT2D eigenvalue weighted by atomic mass is 10.3. The van der Waals surface area contributed by atoms with E-state index < -0.39 is 36.3 Å². The Hall–Kier alpha value is -3.64. The van der Waals surface area contributed by atoms with Gasteiger partial charge in [-0.2, -0.15) is 23.4 Å². The zero-order valence-corrected chi connectivity index (χ0v) is 21.4. The van der Waals surface area contributed by atoms with Crippen LogP contribution >= 0.6 is 12.0 Å². The predicted octanol–water partition coefficient (Wildman–Crippen LogP) is -0.628. The van der Waals surface area contributed by atoms with Gasteiger partial charge in [0.25, 0.3) is 15.7 Å². The quantitative estimate of drug-likeness (QED) is 0.0402. The molecular formula is C16H19N9O10S3. The maximum atomic E-state index is 12.1. The lowest BCUT2D eigenvalue weighted by molar-refractivity contribution is -0.432. The molecule has 0 aliphatic rings. The minimum atomic E-state index is -4.62. The van der Waals surface area contributed by atoms with Crippen molar-refractivity contribution in [3.63, 3.8) is 0 Å². The van der Waals surface area contributed by atoms with Crippen molar-refractivity contribution in [2.75, 3.05) is 35.3 Å². The molecule has 2 aromatic heterocycles. The number of nitrogens with zero attached hydrogens (tertiary/aromatic N) is 3. The Morgan fingerprint density at radius 2 is 1.66 bits per heavy atom. The summed E-state index contributed by atoms with van der Waals surface area (Å²) >= 11 is 0.461. The van der Waals surface area contributed by atoms with Crippen molar-refractivity contribution in [1.29, 1.82) is 0 Å². The fourth-order valence-electron chi connectivity index (χ4n) is 2.61. The van der Waals surface area contributed by atoms with E-state index in [2.05, 4.69) is 50.0 Å². The van der Waals surface area contributed by atoms with E-state index in [-0.39, 0.29) is 47.2 Å². The van der Waals surface area contributed by atoms with Crippen LogP contribution in [0.1, 0.15) is 0 Å². The average molecular weight is 594 g/mol. The van der Waals surface area contributed by atoms with Gasteiger partial charge >= 0.3 is 5.69 Å². The molecule has 0 bridgehead atoms. The van der Waals surface area contributed by atoms with Crippen LogP contribution in [0.5, 0.6) is 0 Å². The molecule has 206 valence electrons. The van der Waals surface area contributed by atoms with Gasteiger partial charge in [0.1, 0.15) is 5.69 Å². The van der Waals surface area contributed by atoms with Gasteiger partial charge in [-0.05, 0) is 18.2 Å². The summed E-state index contributed by atoms with van der Waals surface area (Å²) in [6.45, 7) is -0.0124. The molecule has 0 fully saturated rings. The predicted molar refractivity (Wildman–Crippen MR) is 132 cm³/mol. The first kappa shape index (κ1) is 28.9. The molecule has 0 aliphatic carbocycles. The Kier molecular flexibility index (Phi) is 9.34. The molecule has 19 nitrogen and oxygen atoms in total. The number of aromatic amines is 2. The zero-order chi connectivity index (χ0) is 27.9. The van der Waals surface area contributed by atoms with E-state index in [9.17, 15) is 31.0 Å². The number of H-pyrrole nitrogens is 2. The fourth-order valence-corrected chi connectivity index (χ4v) is 4.02. The minimum absolute atomic E-state index is 0.0240. The molecule has 0 amide bonds. The number of rotatable bonds is 13. The van der Waals surface area contributed by atoms with Gasteiger partial charge in [0.05, 0.1) is 33.8 Å². The third-order valence-corrected chi connectivity index (χ3v) is 6.37. The van der Waals surface area contributed by atoms with Crippen LogP contribution in [0.25, 0.3) is 0 Å². The van der Waals surface area contributed by atoms with Gasteiger partial charge in [-0.3, -0.25) is 14.3 Å². The standard InChI is InChI=1S/C16H19N9O10S3/c1-37(29,30)19-5-4-17-13-23-14(25-15(24-13)21-10-7-18-16(27)22-12(10)26)20-9-6-8(38(31,32)33)2-3-11(9)36-35-34-28/h2-3,6-7,19,28H,4-5H2,1H3,(H,31,32,33)(H2,18,22,26,27)(H3,17,20,21,23,24,25). The maximum Gasteiger partial charge on any atom is 0.325 e. The molecule has 0 spiro atoms. The molecule has 38 heavy (non-hydrogen) atoms. The van der Waals surface area contributed by atoms with E-state index in [1.165, 1.54) is 6.07 Å². The van der Waals surface area contributed by atoms with Crippen LogP contribution in [0.4, 0.5) is 29.2 Å². The Balaban J connectivity index is 1.98. The van der Waals surface area contributed by atoms with Crippen LogP contribution in [0.3, 0.4) is 0 Å². The summed E-state index contributed by atoms with van der Waals surface area (Å²) in [6, 6.07) is 3.27. The summed E-state index contributed by atoms with van der Waals surface area (Å²) < 4.78 is 61.8. The molecule has 0 unspecified atom stereocenters. The van der Waals surface area contributed by atoms with Gasteiger partial charge < -0.3 is 20.9 Å². The molecule has 0 saturated carbocycles. The Labute approximate surface area is 217 Å². The first-order valence-corrected chi connectivity index (χ1v) is 14.0. The summed E-state index contributed by atoms with van der Waals surface area (Å²) in [5, 5.41) is 20.0. The van der Waals surface area contributed by atoms with Crippen molar-refractivity contribution in [2.24, 2.45) is 0 Å². The second-order valence-electron chi connectivity index (χ2n) is 6.99. The van der Waals surface area contributed by atoms with E-state index >= 15 is 0 Å².